The number of benzene rings is 1. The largest absolute Gasteiger partial charge is 0.313 e. The average Bonchev–Trinajstić information content (AvgIpc) is 2.18. The molecular weight excluding hydrogens is 244 g/mol. The molecule has 14 heavy (non-hydrogen) atoms. The highest BCUT2D eigenvalue weighted by molar-refractivity contribution is 9.10. The summed E-state index contributed by atoms with van der Waals surface area (Å²) in [6, 6.07) is 9.22. The summed E-state index contributed by atoms with van der Waals surface area (Å²) in [4.78, 5) is 12.8. The zero-order valence-corrected chi connectivity index (χ0v) is 9.28. The minimum atomic E-state index is -0.209. The van der Waals surface area contributed by atoms with Crippen molar-refractivity contribution >= 4 is 27.5 Å². The maximum atomic E-state index is 11.4. The molecule has 0 unspecified atom stereocenters. The second kappa shape index (κ2) is 4.77. The Hall–Kier alpha value is -1.34. The second-order valence-electron chi connectivity index (χ2n) is 2.74. The first-order valence-corrected chi connectivity index (χ1v) is 4.84. The van der Waals surface area contributed by atoms with Gasteiger partial charge in [0.05, 0.1) is 11.8 Å². The van der Waals surface area contributed by atoms with Gasteiger partial charge in [-0.3, -0.25) is 4.79 Å². The van der Waals surface area contributed by atoms with Gasteiger partial charge in [0.25, 0.3) is 0 Å². The van der Waals surface area contributed by atoms with Gasteiger partial charge in [0.15, 0.2) is 0 Å². The fraction of sp³-hybridized carbons (Fsp3) is 0.200. The number of rotatable bonds is 2. The van der Waals surface area contributed by atoms with Crippen LogP contribution < -0.4 is 4.90 Å². The van der Waals surface area contributed by atoms with Crippen LogP contribution in [0.4, 0.5) is 5.69 Å². The molecule has 0 heterocycles. The Balaban J connectivity index is 2.90. The van der Waals surface area contributed by atoms with Crippen LogP contribution in [0.3, 0.4) is 0 Å². The van der Waals surface area contributed by atoms with Gasteiger partial charge < -0.3 is 4.90 Å². The maximum Gasteiger partial charge on any atom is 0.240 e. The first-order valence-electron chi connectivity index (χ1n) is 4.05. The lowest BCUT2D eigenvalue weighted by Gasteiger charge is -2.16. The Morgan fingerprint density at radius 1 is 1.57 bits per heavy atom. The van der Waals surface area contributed by atoms with Crippen molar-refractivity contribution in [3.8, 4) is 6.07 Å². The summed E-state index contributed by atoms with van der Waals surface area (Å²) in [5.74, 6) is -0.209. The highest BCUT2D eigenvalue weighted by Crippen LogP contribution is 2.24. The number of nitriles is 1. The SMILES string of the molecule is CN(C(=O)CC#N)c1ccccc1Br. The third-order valence-electron chi connectivity index (χ3n) is 1.82. The number of nitrogens with zero attached hydrogens (tertiary/aromatic N) is 2. The third kappa shape index (κ3) is 2.33. The number of carbonyl (C=O) groups excluding carboxylic acids is 1. The fourth-order valence-corrected chi connectivity index (χ4v) is 1.60. The highest BCUT2D eigenvalue weighted by Gasteiger charge is 2.11. The van der Waals surface area contributed by atoms with E-state index in [-0.39, 0.29) is 12.3 Å². The number of hydrogen-bond acceptors (Lipinski definition) is 2. The van der Waals surface area contributed by atoms with Crippen molar-refractivity contribution in [1.82, 2.24) is 0 Å². The topological polar surface area (TPSA) is 44.1 Å². The van der Waals surface area contributed by atoms with E-state index in [9.17, 15) is 4.79 Å². The van der Waals surface area contributed by atoms with Gasteiger partial charge in [-0.25, -0.2) is 0 Å². The normalized spacial score (nSPS) is 9.21. The molecule has 1 amide bonds. The molecule has 0 atom stereocenters. The predicted molar refractivity (Wildman–Crippen MR) is 57.8 cm³/mol. The van der Waals surface area contributed by atoms with Crippen LogP contribution in [0, 0.1) is 11.3 Å². The Morgan fingerprint density at radius 2 is 2.21 bits per heavy atom. The van der Waals surface area contributed by atoms with Gasteiger partial charge in [0.1, 0.15) is 6.42 Å². The smallest absolute Gasteiger partial charge is 0.240 e. The maximum absolute atomic E-state index is 11.4. The molecule has 0 bridgehead atoms. The van der Waals surface area contributed by atoms with Gasteiger partial charge in [0.2, 0.25) is 5.91 Å². The van der Waals surface area contributed by atoms with Crippen molar-refractivity contribution in [1.29, 1.82) is 5.26 Å². The quantitative estimate of drug-likeness (QED) is 0.811. The van der Waals surface area contributed by atoms with E-state index in [0.29, 0.717) is 0 Å². The lowest BCUT2D eigenvalue weighted by atomic mass is 10.3. The van der Waals surface area contributed by atoms with Gasteiger partial charge in [-0.1, -0.05) is 12.1 Å². The molecular formula is C10H9BrN2O. The zero-order valence-electron chi connectivity index (χ0n) is 7.70. The molecule has 1 aromatic carbocycles. The third-order valence-corrected chi connectivity index (χ3v) is 2.49. The van der Waals surface area contributed by atoms with Crippen molar-refractivity contribution < 1.29 is 4.79 Å². The van der Waals surface area contributed by atoms with Crippen molar-refractivity contribution in [2.45, 2.75) is 6.42 Å². The zero-order chi connectivity index (χ0) is 10.6. The van der Waals surface area contributed by atoms with E-state index < -0.39 is 0 Å². The number of halogens is 1. The molecule has 0 fully saturated rings. The molecule has 0 radical (unpaired) electrons. The van der Waals surface area contributed by atoms with Crippen molar-refractivity contribution in [3.63, 3.8) is 0 Å². The molecule has 0 aliphatic carbocycles. The Labute approximate surface area is 91.1 Å². The molecule has 0 N–H and O–H groups in total. The predicted octanol–water partition coefficient (Wildman–Crippen LogP) is 2.33. The van der Waals surface area contributed by atoms with E-state index >= 15 is 0 Å². The van der Waals surface area contributed by atoms with Crippen LogP contribution in [0.1, 0.15) is 6.42 Å². The van der Waals surface area contributed by atoms with Crippen LogP contribution in [0.25, 0.3) is 0 Å². The van der Waals surface area contributed by atoms with Gasteiger partial charge in [-0.15, -0.1) is 0 Å². The van der Waals surface area contributed by atoms with Crippen LogP contribution >= 0.6 is 15.9 Å². The van der Waals surface area contributed by atoms with Crippen LogP contribution in [-0.4, -0.2) is 13.0 Å². The Bertz CT molecular complexity index is 384. The monoisotopic (exact) mass is 252 g/mol. The van der Waals surface area contributed by atoms with E-state index in [1.807, 2.05) is 30.3 Å². The molecule has 0 saturated heterocycles. The first-order chi connectivity index (χ1) is 6.66. The molecule has 3 nitrogen and oxygen atoms in total. The highest BCUT2D eigenvalue weighted by atomic mass is 79.9. The first kappa shape index (κ1) is 10.7. The van der Waals surface area contributed by atoms with Gasteiger partial charge in [-0.05, 0) is 28.1 Å². The molecule has 0 aromatic heterocycles. The molecule has 0 aliphatic heterocycles. The summed E-state index contributed by atoms with van der Waals surface area (Å²) < 4.78 is 0.841. The average molecular weight is 253 g/mol. The number of anilines is 1. The number of amides is 1. The van der Waals surface area contributed by atoms with Crippen LogP contribution in [0.15, 0.2) is 28.7 Å². The number of hydrogen-bond donors (Lipinski definition) is 0. The minimum absolute atomic E-state index is 0.0994. The standard InChI is InChI=1S/C10H9BrN2O/c1-13(10(14)6-7-12)9-5-3-2-4-8(9)11/h2-5H,6H2,1H3. The Kier molecular flexibility index (Phi) is 3.66. The Morgan fingerprint density at radius 3 is 2.79 bits per heavy atom. The van der Waals surface area contributed by atoms with E-state index in [4.69, 9.17) is 5.26 Å². The van der Waals surface area contributed by atoms with Crippen LogP contribution in [0.5, 0.6) is 0 Å². The molecule has 0 saturated carbocycles. The fourth-order valence-electron chi connectivity index (χ4n) is 1.04. The van der Waals surface area contributed by atoms with Crippen molar-refractivity contribution in [3.05, 3.63) is 28.7 Å². The van der Waals surface area contributed by atoms with Gasteiger partial charge >= 0.3 is 0 Å². The van der Waals surface area contributed by atoms with E-state index in [1.54, 1.807) is 7.05 Å². The summed E-state index contributed by atoms with van der Waals surface area (Å²) in [5.41, 5.74) is 0.771. The summed E-state index contributed by atoms with van der Waals surface area (Å²) in [7, 11) is 1.65. The van der Waals surface area contributed by atoms with Crippen molar-refractivity contribution in [2.75, 3.05) is 11.9 Å². The van der Waals surface area contributed by atoms with Crippen LogP contribution in [-0.2, 0) is 4.79 Å². The van der Waals surface area contributed by atoms with E-state index in [1.165, 1.54) is 4.90 Å². The van der Waals surface area contributed by atoms with Crippen LogP contribution in [0.2, 0.25) is 0 Å². The van der Waals surface area contributed by atoms with E-state index in [2.05, 4.69) is 15.9 Å². The lowest BCUT2D eigenvalue weighted by Crippen LogP contribution is -2.25. The summed E-state index contributed by atoms with van der Waals surface area (Å²) in [6.45, 7) is 0. The van der Waals surface area contributed by atoms with Gasteiger partial charge in [0, 0.05) is 11.5 Å². The number of para-hydroxylation sites is 1. The summed E-state index contributed by atoms with van der Waals surface area (Å²) in [6.07, 6.45) is -0.0994. The molecule has 4 heteroatoms. The van der Waals surface area contributed by atoms with E-state index in [0.717, 1.165) is 10.2 Å². The van der Waals surface area contributed by atoms with Gasteiger partial charge in [-0.2, -0.15) is 5.26 Å². The molecule has 0 spiro atoms. The molecule has 1 rings (SSSR count). The second-order valence-corrected chi connectivity index (χ2v) is 3.59. The summed E-state index contributed by atoms with van der Waals surface area (Å²) in [5, 5.41) is 8.39. The molecule has 1 aromatic rings. The molecule has 72 valence electrons. The van der Waals surface area contributed by atoms with Crippen molar-refractivity contribution in [2.24, 2.45) is 0 Å². The molecule has 0 aliphatic rings. The minimum Gasteiger partial charge on any atom is -0.313 e. The lowest BCUT2D eigenvalue weighted by molar-refractivity contribution is -0.117. The summed E-state index contributed by atoms with van der Waals surface area (Å²) >= 11 is 3.34. The number of carbonyl (C=O) groups is 1.